The average Bonchev–Trinajstić information content (AvgIpc) is 2.76. The summed E-state index contributed by atoms with van der Waals surface area (Å²) < 4.78 is 4.78. The van der Waals surface area contributed by atoms with Crippen LogP contribution in [0.1, 0.15) is 16.1 Å². The maximum absolute atomic E-state index is 11.6. The van der Waals surface area contributed by atoms with Gasteiger partial charge in [0.15, 0.2) is 0 Å². The van der Waals surface area contributed by atoms with E-state index >= 15 is 0 Å². The lowest BCUT2D eigenvalue weighted by Gasteiger charge is -2.13. The fourth-order valence-electron chi connectivity index (χ4n) is 1.13. The zero-order chi connectivity index (χ0) is 12.0. The average molecular weight is 243 g/mol. The first-order chi connectivity index (χ1) is 7.65. The molecule has 5 nitrogen and oxygen atoms in total. The molecule has 0 aliphatic rings. The van der Waals surface area contributed by atoms with Crippen molar-refractivity contribution < 1.29 is 19.4 Å². The van der Waals surface area contributed by atoms with Crippen molar-refractivity contribution in [1.29, 1.82) is 0 Å². The van der Waals surface area contributed by atoms with Crippen LogP contribution in [-0.4, -0.2) is 36.7 Å². The summed E-state index contributed by atoms with van der Waals surface area (Å²) in [6.45, 7) is 0.293. The number of carbonyl (C=O) groups excluding carboxylic acids is 1. The monoisotopic (exact) mass is 243 g/mol. The minimum Gasteiger partial charge on any atom is -0.480 e. The first-order valence-corrected chi connectivity index (χ1v) is 5.59. The molecule has 6 heteroatoms. The number of hydrogen-bond acceptors (Lipinski definition) is 4. The third kappa shape index (κ3) is 3.63. The Bertz CT molecular complexity index is 350. The Morgan fingerprint density at radius 2 is 2.38 bits per heavy atom. The van der Waals surface area contributed by atoms with Gasteiger partial charge in [-0.2, -0.15) is 0 Å². The van der Waals surface area contributed by atoms with Gasteiger partial charge in [0.05, 0.1) is 4.88 Å². The molecule has 1 rings (SSSR count). The summed E-state index contributed by atoms with van der Waals surface area (Å²) in [7, 11) is 1.49. The molecule has 0 bridgehead atoms. The molecular weight excluding hydrogens is 230 g/mol. The number of aliphatic carboxylic acids is 1. The second-order valence-electron chi connectivity index (χ2n) is 3.12. The third-order valence-electron chi connectivity index (χ3n) is 1.96. The van der Waals surface area contributed by atoms with E-state index in [1.54, 1.807) is 17.5 Å². The third-order valence-corrected chi connectivity index (χ3v) is 2.83. The highest BCUT2D eigenvalue weighted by atomic mass is 32.1. The van der Waals surface area contributed by atoms with Gasteiger partial charge in [0.25, 0.3) is 5.91 Å². The van der Waals surface area contributed by atoms with Crippen molar-refractivity contribution in [2.24, 2.45) is 0 Å². The van der Waals surface area contributed by atoms with Crippen LogP contribution in [-0.2, 0) is 9.53 Å². The van der Waals surface area contributed by atoms with Gasteiger partial charge in [-0.1, -0.05) is 6.07 Å². The van der Waals surface area contributed by atoms with Crippen molar-refractivity contribution in [3.63, 3.8) is 0 Å². The maximum atomic E-state index is 11.6. The van der Waals surface area contributed by atoms with Crippen molar-refractivity contribution in [3.05, 3.63) is 22.4 Å². The molecule has 0 aliphatic heterocycles. The van der Waals surface area contributed by atoms with E-state index in [1.807, 2.05) is 0 Å². The van der Waals surface area contributed by atoms with Gasteiger partial charge in [-0.15, -0.1) is 11.3 Å². The summed E-state index contributed by atoms with van der Waals surface area (Å²) in [4.78, 5) is 22.9. The van der Waals surface area contributed by atoms with E-state index < -0.39 is 12.0 Å². The van der Waals surface area contributed by atoms with Gasteiger partial charge in [0.2, 0.25) is 0 Å². The maximum Gasteiger partial charge on any atom is 0.326 e. The molecule has 0 fully saturated rings. The molecule has 0 spiro atoms. The zero-order valence-electron chi connectivity index (χ0n) is 8.80. The van der Waals surface area contributed by atoms with E-state index in [0.29, 0.717) is 11.5 Å². The first kappa shape index (κ1) is 12.7. The van der Waals surface area contributed by atoms with Crippen LogP contribution in [0.25, 0.3) is 0 Å². The van der Waals surface area contributed by atoms with Crippen LogP contribution in [0.2, 0.25) is 0 Å². The molecule has 16 heavy (non-hydrogen) atoms. The molecule has 0 aliphatic carbocycles. The van der Waals surface area contributed by atoms with Crippen LogP contribution >= 0.6 is 11.3 Å². The Kier molecular flexibility index (Phi) is 4.94. The predicted octanol–water partition coefficient (Wildman–Crippen LogP) is 0.968. The van der Waals surface area contributed by atoms with Gasteiger partial charge in [-0.05, 0) is 11.4 Å². The Morgan fingerprint density at radius 3 is 2.88 bits per heavy atom. The van der Waals surface area contributed by atoms with Gasteiger partial charge in [0.1, 0.15) is 6.04 Å². The van der Waals surface area contributed by atoms with Crippen molar-refractivity contribution in [2.45, 2.75) is 12.5 Å². The molecule has 1 aromatic heterocycles. The van der Waals surface area contributed by atoms with Crippen molar-refractivity contribution in [1.82, 2.24) is 5.32 Å². The van der Waals surface area contributed by atoms with E-state index in [2.05, 4.69) is 5.32 Å². The van der Waals surface area contributed by atoms with Gasteiger partial charge in [-0.25, -0.2) is 4.79 Å². The fraction of sp³-hybridized carbons (Fsp3) is 0.400. The minimum atomic E-state index is -1.05. The topological polar surface area (TPSA) is 75.6 Å². The molecule has 1 atom stereocenters. The highest BCUT2D eigenvalue weighted by Crippen LogP contribution is 2.08. The molecule has 1 unspecified atom stereocenters. The van der Waals surface area contributed by atoms with Crippen LogP contribution in [0.3, 0.4) is 0 Å². The Balaban J connectivity index is 2.54. The first-order valence-electron chi connectivity index (χ1n) is 4.71. The number of thiophene rings is 1. The Morgan fingerprint density at radius 1 is 1.62 bits per heavy atom. The number of carboxylic acids is 1. The number of rotatable bonds is 6. The number of hydrogen-bond donors (Lipinski definition) is 2. The zero-order valence-corrected chi connectivity index (χ0v) is 9.62. The molecule has 1 amide bonds. The van der Waals surface area contributed by atoms with Gasteiger partial charge in [-0.3, -0.25) is 4.79 Å². The van der Waals surface area contributed by atoms with E-state index in [-0.39, 0.29) is 12.3 Å². The van der Waals surface area contributed by atoms with Crippen molar-refractivity contribution >= 4 is 23.2 Å². The summed E-state index contributed by atoms with van der Waals surface area (Å²) in [6, 6.07) is 2.48. The summed E-state index contributed by atoms with van der Waals surface area (Å²) in [5.41, 5.74) is 0. The summed E-state index contributed by atoms with van der Waals surface area (Å²) >= 11 is 1.27. The lowest BCUT2D eigenvalue weighted by Crippen LogP contribution is -2.41. The fourth-order valence-corrected chi connectivity index (χ4v) is 1.76. The van der Waals surface area contributed by atoms with Gasteiger partial charge in [0, 0.05) is 20.1 Å². The van der Waals surface area contributed by atoms with Crippen molar-refractivity contribution in [2.75, 3.05) is 13.7 Å². The number of amides is 1. The van der Waals surface area contributed by atoms with Gasteiger partial charge >= 0.3 is 5.97 Å². The van der Waals surface area contributed by atoms with E-state index in [4.69, 9.17) is 9.84 Å². The molecular formula is C10H13NO4S. The number of methoxy groups -OCH3 is 1. The molecule has 88 valence electrons. The summed E-state index contributed by atoms with van der Waals surface area (Å²) in [5, 5.41) is 13.1. The highest BCUT2D eigenvalue weighted by Gasteiger charge is 2.20. The summed E-state index contributed by atoms with van der Waals surface area (Å²) in [6.07, 6.45) is 0.253. The Hall–Kier alpha value is -1.40. The highest BCUT2D eigenvalue weighted by molar-refractivity contribution is 7.12. The normalized spacial score (nSPS) is 12.1. The summed E-state index contributed by atoms with van der Waals surface area (Å²) in [5.74, 6) is -1.42. The lowest BCUT2D eigenvalue weighted by atomic mass is 10.2. The lowest BCUT2D eigenvalue weighted by molar-refractivity contribution is -0.139. The van der Waals surface area contributed by atoms with Crippen LogP contribution in [0, 0.1) is 0 Å². The molecule has 0 saturated heterocycles. The predicted molar refractivity (Wildman–Crippen MR) is 59.7 cm³/mol. The Labute approximate surface area is 97.0 Å². The molecule has 1 aromatic rings. The standard InChI is InChI=1S/C10H13NO4S/c1-15-5-4-7(10(13)14)11-9(12)8-3-2-6-16-8/h2-3,6-7H,4-5H2,1H3,(H,11,12)(H,13,14). The number of nitrogens with one attached hydrogen (secondary N) is 1. The SMILES string of the molecule is COCCC(NC(=O)c1cccs1)C(=O)O. The van der Waals surface area contributed by atoms with Gasteiger partial charge < -0.3 is 15.2 Å². The van der Waals surface area contributed by atoms with E-state index in [1.165, 1.54) is 18.4 Å². The molecule has 2 N–H and O–H groups in total. The van der Waals surface area contributed by atoms with Crippen LogP contribution < -0.4 is 5.32 Å². The van der Waals surface area contributed by atoms with Crippen LogP contribution in [0.5, 0.6) is 0 Å². The second kappa shape index (κ2) is 6.24. The quantitative estimate of drug-likeness (QED) is 0.780. The molecule has 1 heterocycles. The number of carboxylic acid groups (broad SMARTS) is 1. The largest absolute Gasteiger partial charge is 0.480 e. The van der Waals surface area contributed by atoms with Crippen LogP contribution in [0.15, 0.2) is 17.5 Å². The minimum absolute atomic E-state index is 0.253. The van der Waals surface area contributed by atoms with Crippen molar-refractivity contribution in [3.8, 4) is 0 Å². The van der Waals surface area contributed by atoms with E-state index in [9.17, 15) is 9.59 Å². The smallest absolute Gasteiger partial charge is 0.326 e. The molecule has 0 radical (unpaired) electrons. The second-order valence-corrected chi connectivity index (χ2v) is 4.07. The number of carbonyl (C=O) groups is 2. The molecule has 0 saturated carbocycles. The van der Waals surface area contributed by atoms with Crippen LogP contribution in [0.4, 0.5) is 0 Å². The van der Waals surface area contributed by atoms with E-state index in [0.717, 1.165) is 0 Å². The molecule has 0 aromatic carbocycles. The number of ether oxygens (including phenoxy) is 1.